The minimum Gasteiger partial charge on any atom is -0.481 e. The van der Waals surface area contributed by atoms with Crippen molar-refractivity contribution in [3.05, 3.63) is 72.9 Å². The molecule has 3 rings (SSSR count). The van der Waals surface area contributed by atoms with Crippen molar-refractivity contribution in [1.29, 1.82) is 0 Å². The summed E-state index contributed by atoms with van der Waals surface area (Å²) in [6, 6.07) is 10.4. The molecule has 2 aromatic carbocycles. The Morgan fingerprint density at radius 3 is 2.17 bits per heavy atom. The van der Waals surface area contributed by atoms with Gasteiger partial charge in [-0.15, -0.1) is 11.3 Å². The van der Waals surface area contributed by atoms with Crippen molar-refractivity contribution in [3.63, 3.8) is 0 Å². The summed E-state index contributed by atoms with van der Waals surface area (Å²) in [4.78, 5) is 25.1. The fraction of sp³-hybridized carbons (Fsp3) is 0.143. The molecule has 5 nitrogen and oxygen atoms in total. The van der Waals surface area contributed by atoms with E-state index in [4.69, 9.17) is 39.5 Å². The van der Waals surface area contributed by atoms with Gasteiger partial charge in [0.05, 0.1) is 14.9 Å². The zero-order chi connectivity index (χ0) is 21.8. The molecule has 0 spiro atoms. The summed E-state index contributed by atoms with van der Waals surface area (Å²) < 4.78 is 5.56. The number of hydrogen-bond acceptors (Lipinski definition) is 4. The molecule has 30 heavy (non-hydrogen) atoms. The van der Waals surface area contributed by atoms with Crippen LogP contribution in [-0.2, 0) is 4.79 Å². The number of carbonyl (C=O) groups is 2. The summed E-state index contributed by atoms with van der Waals surface area (Å²) in [7, 11) is 0. The first-order chi connectivity index (χ1) is 14.3. The lowest BCUT2D eigenvalue weighted by Gasteiger charge is -2.15. The van der Waals surface area contributed by atoms with Gasteiger partial charge in [-0.1, -0.05) is 46.9 Å². The highest BCUT2D eigenvalue weighted by molar-refractivity contribution is 7.12. The van der Waals surface area contributed by atoms with Crippen LogP contribution in [0.2, 0.25) is 15.1 Å². The lowest BCUT2D eigenvalue weighted by molar-refractivity contribution is -0.118. The quantitative estimate of drug-likeness (QED) is 0.415. The molecular weight excluding hydrogens is 467 g/mol. The number of amides is 2. The first kappa shape index (κ1) is 22.4. The molecule has 0 aliphatic rings. The highest BCUT2D eigenvalue weighted by atomic mass is 35.5. The van der Waals surface area contributed by atoms with E-state index in [1.165, 1.54) is 11.3 Å². The van der Waals surface area contributed by atoms with Crippen molar-refractivity contribution in [3.8, 4) is 5.75 Å². The Kier molecular flexibility index (Phi) is 7.26. The summed E-state index contributed by atoms with van der Waals surface area (Å²) in [5.74, 6) is -0.409. The summed E-state index contributed by atoms with van der Waals surface area (Å²) >= 11 is 20.1. The first-order valence-corrected chi connectivity index (χ1v) is 10.8. The molecule has 2 N–H and O–H groups in total. The smallest absolute Gasteiger partial charge is 0.265 e. The Hall–Kier alpha value is -2.25. The van der Waals surface area contributed by atoms with Crippen molar-refractivity contribution < 1.29 is 14.3 Å². The van der Waals surface area contributed by atoms with Crippen molar-refractivity contribution in [2.45, 2.75) is 13.8 Å². The monoisotopic (exact) mass is 482 g/mol. The minimum atomic E-state index is -0.408. The molecular formula is C21H17Cl3N2O3S. The van der Waals surface area contributed by atoms with Crippen molar-refractivity contribution in [2.24, 2.45) is 0 Å². The normalized spacial score (nSPS) is 10.6. The Morgan fingerprint density at radius 1 is 0.933 bits per heavy atom. The van der Waals surface area contributed by atoms with Gasteiger partial charge in [-0.3, -0.25) is 9.59 Å². The Balaban J connectivity index is 1.64. The molecule has 0 atom stereocenters. The van der Waals surface area contributed by atoms with Crippen molar-refractivity contribution in [1.82, 2.24) is 0 Å². The topological polar surface area (TPSA) is 67.4 Å². The van der Waals surface area contributed by atoms with Crippen LogP contribution in [0, 0.1) is 13.8 Å². The van der Waals surface area contributed by atoms with E-state index in [1.54, 1.807) is 50.2 Å². The summed E-state index contributed by atoms with van der Waals surface area (Å²) in [5.41, 5.74) is 2.32. The maximum Gasteiger partial charge on any atom is 0.265 e. The van der Waals surface area contributed by atoms with Gasteiger partial charge in [0, 0.05) is 16.4 Å². The highest BCUT2D eigenvalue weighted by Crippen LogP contribution is 2.42. The molecule has 9 heteroatoms. The SMILES string of the molecule is Cc1c(Cl)c(C)c(Cl)c(OCC(=O)Nc2cccc(NC(=O)c3cccs3)c2)c1Cl. The number of anilines is 2. The second kappa shape index (κ2) is 9.71. The predicted octanol–water partition coefficient (Wildman–Crippen LogP) is 6.59. The maximum atomic E-state index is 12.3. The highest BCUT2D eigenvalue weighted by Gasteiger charge is 2.18. The molecule has 0 bridgehead atoms. The third kappa shape index (κ3) is 5.08. The van der Waals surface area contributed by atoms with Crippen LogP contribution in [-0.4, -0.2) is 18.4 Å². The van der Waals surface area contributed by atoms with Crippen LogP contribution < -0.4 is 15.4 Å². The number of ether oxygens (including phenoxy) is 1. The molecule has 0 unspecified atom stereocenters. The predicted molar refractivity (Wildman–Crippen MR) is 124 cm³/mol. The molecule has 0 fully saturated rings. The van der Waals surface area contributed by atoms with Crippen LogP contribution >= 0.6 is 46.1 Å². The minimum absolute atomic E-state index is 0.213. The molecule has 0 saturated carbocycles. The van der Waals surface area contributed by atoms with Crippen LogP contribution in [0.3, 0.4) is 0 Å². The molecule has 156 valence electrons. The lowest BCUT2D eigenvalue weighted by atomic mass is 10.1. The maximum absolute atomic E-state index is 12.3. The van der Waals surface area contributed by atoms with Gasteiger partial charge in [-0.2, -0.15) is 0 Å². The van der Waals surface area contributed by atoms with E-state index in [9.17, 15) is 9.59 Å². The van der Waals surface area contributed by atoms with Crippen LogP contribution in [0.25, 0.3) is 0 Å². The largest absolute Gasteiger partial charge is 0.481 e. The van der Waals surface area contributed by atoms with Crippen molar-refractivity contribution in [2.75, 3.05) is 17.2 Å². The van der Waals surface area contributed by atoms with Gasteiger partial charge < -0.3 is 15.4 Å². The molecule has 0 radical (unpaired) electrons. The standard InChI is InChI=1S/C21H17Cl3N2O3S/c1-11-17(22)12(2)19(24)20(18(11)23)29-10-16(27)25-13-5-3-6-14(9-13)26-21(28)15-7-4-8-30-15/h3-9H,10H2,1-2H3,(H,25,27)(H,26,28). The van der Waals surface area contributed by atoms with E-state index in [1.807, 2.05) is 5.38 Å². The van der Waals surface area contributed by atoms with E-state index in [-0.39, 0.29) is 28.3 Å². The number of rotatable bonds is 6. The van der Waals surface area contributed by atoms with E-state index >= 15 is 0 Å². The number of halogens is 3. The number of nitrogens with one attached hydrogen (secondary N) is 2. The molecule has 3 aromatic rings. The zero-order valence-corrected chi connectivity index (χ0v) is 19.1. The van der Waals surface area contributed by atoms with E-state index in [0.717, 1.165) is 0 Å². The Morgan fingerprint density at radius 2 is 1.57 bits per heavy atom. The van der Waals surface area contributed by atoms with Crippen LogP contribution in [0.4, 0.5) is 11.4 Å². The van der Waals surface area contributed by atoms with E-state index in [2.05, 4.69) is 10.6 Å². The van der Waals surface area contributed by atoms with Gasteiger partial charge in [0.1, 0.15) is 0 Å². The van der Waals surface area contributed by atoms with Gasteiger partial charge in [0.15, 0.2) is 12.4 Å². The van der Waals surface area contributed by atoms with E-state index in [0.29, 0.717) is 32.4 Å². The van der Waals surface area contributed by atoms with Gasteiger partial charge >= 0.3 is 0 Å². The number of carbonyl (C=O) groups excluding carboxylic acids is 2. The summed E-state index contributed by atoms with van der Waals surface area (Å²) in [5, 5.41) is 8.32. The molecule has 0 aliphatic heterocycles. The molecule has 0 saturated heterocycles. The zero-order valence-electron chi connectivity index (χ0n) is 16.0. The first-order valence-electron chi connectivity index (χ1n) is 8.79. The van der Waals surface area contributed by atoms with E-state index < -0.39 is 5.91 Å². The van der Waals surface area contributed by atoms with Gasteiger partial charge in [0.2, 0.25) is 0 Å². The average molecular weight is 484 g/mol. The fourth-order valence-corrected chi connectivity index (χ4v) is 4.09. The van der Waals surface area contributed by atoms with Crippen LogP contribution in [0.1, 0.15) is 20.8 Å². The summed E-state index contributed by atoms with van der Waals surface area (Å²) in [6.45, 7) is 3.19. The molecule has 0 aliphatic carbocycles. The van der Waals surface area contributed by atoms with Gasteiger partial charge in [0.25, 0.3) is 11.8 Å². The second-order valence-corrected chi connectivity index (χ2v) is 8.45. The number of thiophene rings is 1. The van der Waals surface area contributed by atoms with Gasteiger partial charge in [-0.25, -0.2) is 0 Å². The van der Waals surface area contributed by atoms with Gasteiger partial charge in [-0.05, 0) is 54.6 Å². The number of hydrogen-bond donors (Lipinski definition) is 2. The third-order valence-corrected chi connectivity index (χ3v) is 6.56. The molecule has 1 aromatic heterocycles. The van der Waals surface area contributed by atoms with Crippen molar-refractivity contribution >= 4 is 69.3 Å². The Bertz CT molecular complexity index is 1070. The van der Waals surface area contributed by atoms with Crippen LogP contribution in [0.15, 0.2) is 41.8 Å². The second-order valence-electron chi connectivity index (χ2n) is 6.37. The molecule has 2 amide bonds. The van der Waals surface area contributed by atoms with Crippen LogP contribution in [0.5, 0.6) is 5.75 Å². The lowest BCUT2D eigenvalue weighted by Crippen LogP contribution is -2.20. The third-order valence-electron chi connectivity index (χ3n) is 4.21. The average Bonchev–Trinajstić information content (AvgIpc) is 3.26. The number of benzene rings is 2. The molecule has 1 heterocycles. The summed E-state index contributed by atoms with van der Waals surface area (Å²) in [6.07, 6.45) is 0. The Labute approximate surface area is 192 Å². The fourth-order valence-electron chi connectivity index (χ4n) is 2.65.